The molecule has 0 amide bonds. The molecule has 1 aliphatic rings. The van der Waals surface area contributed by atoms with Crippen LogP contribution >= 0.6 is 0 Å². The van der Waals surface area contributed by atoms with Crippen molar-refractivity contribution in [3.05, 3.63) is 29.3 Å². The molecule has 0 aromatic heterocycles. The van der Waals surface area contributed by atoms with Crippen LogP contribution in [-0.4, -0.2) is 19.8 Å². The second kappa shape index (κ2) is 5.54. The molecule has 2 nitrogen and oxygen atoms in total. The lowest BCUT2D eigenvalue weighted by Gasteiger charge is -2.25. The number of aryl methyl sites for hydroxylation is 1. The van der Waals surface area contributed by atoms with E-state index in [0.717, 1.165) is 13.0 Å². The highest BCUT2D eigenvalue weighted by Gasteiger charge is 2.14. The van der Waals surface area contributed by atoms with Gasteiger partial charge in [0.1, 0.15) is 0 Å². The zero-order valence-electron chi connectivity index (χ0n) is 11.1. The number of ether oxygens (including phenoxy) is 1. The first-order chi connectivity index (χ1) is 8.19. The van der Waals surface area contributed by atoms with E-state index in [9.17, 15) is 0 Å². The number of rotatable bonds is 4. The lowest BCUT2D eigenvalue weighted by atomic mass is 9.94. The molecule has 0 saturated heterocycles. The predicted octanol–water partition coefficient (Wildman–Crippen LogP) is 3.26. The van der Waals surface area contributed by atoms with E-state index < -0.39 is 0 Å². The minimum atomic E-state index is 0.591. The molecule has 0 saturated carbocycles. The molecule has 1 N–H and O–H groups in total. The average molecular weight is 233 g/mol. The van der Waals surface area contributed by atoms with Gasteiger partial charge < -0.3 is 10.1 Å². The van der Waals surface area contributed by atoms with E-state index in [2.05, 4.69) is 37.4 Å². The van der Waals surface area contributed by atoms with Gasteiger partial charge in [0, 0.05) is 25.4 Å². The molecule has 0 spiro atoms. The van der Waals surface area contributed by atoms with Gasteiger partial charge in [0.2, 0.25) is 0 Å². The third-order valence-corrected chi connectivity index (χ3v) is 3.45. The Kier molecular flexibility index (Phi) is 4.06. The first-order valence-electron chi connectivity index (χ1n) is 6.56. The minimum absolute atomic E-state index is 0.591. The quantitative estimate of drug-likeness (QED) is 0.862. The largest absolute Gasteiger partial charge is 0.384 e. The second-order valence-corrected chi connectivity index (χ2v) is 5.34. The van der Waals surface area contributed by atoms with Crippen molar-refractivity contribution in [1.82, 2.24) is 0 Å². The van der Waals surface area contributed by atoms with Crippen molar-refractivity contribution in [2.45, 2.75) is 39.2 Å². The van der Waals surface area contributed by atoms with E-state index in [4.69, 9.17) is 4.74 Å². The van der Waals surface area contributed by atoms with E-state index >= 15 is 0 Å². The van der Waals surface area contributed by atoms with Gasteiger partial charge in [-0.3, -0.25) is 0 Å². The summed E-state index contributed by atoms with van der Waals surface area (Å²) in [7, 11) is 1.77. The number of benzene rings is 1. The molecular formula is C15H23NO. The number of hydrogen-bond donors (Lipinski definition) is 1. The zero-order valence-corrected chi connectivity index (χ0v) is 11.1. The van der Waals surface area contributed by atoms with Crippen LogP contribution in [0.1, 0.15) is 31.4 Å². The average Bonchev–Trinajstić information content (AvgIpc) is 2.29. The Labute approximate surface area is 104 Å². The Morgan fingerprint density at radius 1 is 1.47 bits per heavy atom. The fraction of sp³-hybridized carbons (Fsp3) is 0.600. The number of hydrogen-bond acceptors (Lipinski definition) is 2. The molecule has 94 valence electrons. The molecule has 2 rings (SSSR count). The molecule has 2 atom stereocenters. The fourth-order valence-corrected chi connectivity index (χ4v) is 2.58. The van der Waals surface area contributed by atoms with Crippen LogP contribution in [0.4, 0.5) is 5.69 Å². The highest BCUT2D eigenvalue weighted by molar-refractivity contribution is 5.55. The van der Waals surface area contributed by atoms with E-state index in [-0.39, 0.29) is 0 Å². The third kappa shape index (κ3) is 3.22. The fourth-order valence-electron chi connectivity index (χ4n) is 2.58. The van der Waals surface area contributed by atoms with Gasteiger partial charge in [0.05, 0.1) is 0 Å². The summed E-state index contributed by atoms with van der Waals surface area (Å²) < 4.78 is 5.19. The van der Waals surface area contributed by atoms with Gasteiger partial charge in [-0.05, 0) is 49.3 Å². The smallest absolute Gasteiger partial charge is 0.0491 e. The summed E-state index contributed by atoms with van der Waals surface area (Å²) >= 11 is 0. The van der Waals surface area contributed by atoms with Gasteiger partial charge >= 0.3 is 0 Å². The number of anilines is 1. The van der Waals surface area contributed by atoms with Crippen molar-refractivity contribution in [1.29, 1.82) is 0 Å². The minimum Gasteiger partial charge on any atom is -0.384 e. The SMILES string of the molecule is COCC(C)Cc1ccc2c(c1)CCC(C)N2. The number of fused-ring (bicyclic) bond motifs is 1. The second-order valence-electron chi connectivity index (χ2n) is 5.34. The van der Waals surface area contributed by atoms with Gasteiger partial charge in [0.25, 0.3) is 0 Å². The topological polar surface area (TPSA) is 21.3 Å². The monoisotopic (exact) mass is 233 g/mol. The Bertz CT molecular complexity index is 375. The molecule has 1 aliphatic heterocycles. The number of nitrogens with one attached hydrogen (secondary N) is 1. The molecule has 2 heteroatoms. The van der Waals surface area contributed by atoms with Gasteiger partial charge in [-0.25, -0.2) is 0 Å². The molecule has 0 radical (unpaired) electrons. The lowest BCUT2D eigenvalue weighted by Crippen LogP contribution is -2.22. The van der Waals surface area contributed by atoms with E-state index in [0.29, 0.717) is 12.0 Å². The normalized spacial score (nSPS) is 20.5. The Balaban J connectivity index is 2.06. The third-order valence-electron chi connectivity index (χ3n) is 3.45. The van der Waals surface area contributed by atoms with Crippen LogP contribution in [0.5, 0.6) is 0 Å². The van der Waals surface area contributed by atoms with Crippen LogP contribution in [0.2, 0.25) is 0 Å². The maximum Gasteiger partial charge on any atom is 0.0491 e. The molecule has 2 unspecified atom stereocenters. The summed E-state index contributed by atoms with van der Waals surface area (Å²) in [5.74, 6) is 0.591. The van der Waals surface area contributed by atoms with Crippen molar-refractivity contribution in [2.75, 3.05) is 19.0 Å². The maximum absolute atomic E-state index is 5.19. The van der Waals surface area contributed by atoms with Crippen LogP contribution in [0.3, 0.4) is 0 Å². The van der Waals surface area contributed by atoms with Crippen molar-refractivity contribution >= 4 is 5.69 Å². The van der Waals surface area contributed by atoms with E-state index in [1.54, 1.807) is 7.11 Å². The van der Waals surface area contributed by atoms with Crippen LogP contribution < -0.4 is 5.32 Å². The molecule has 0 fully saturated rings. The summed E-state index contributed by atoms with van der Waals surface area (Å²) in [4.78, 5) is 0. The van der Waals surface area contributed by atoms with Crippen molar-refractivity contribution in [2.24, 2.45) is 5.92 Å². The van der Waals surface area contributed by atoms with Gasteiger partial charge in [-0.1, -0.05) is 19.1 Å². The Morgan fingerprint density at radius 2 is 2.29 bits per heavy atom. The van der Waals surface area contributed by atoms with Crippen LogP contribution in [0.25, 0.3) is 0 Å². The van der Waals surface area contributed by atoms with Crippen LogP contribution in [0.15, 0.2) is 18.2 Å². The summed E-state index contributed by atoms with van der Waals surface area (Å²) in [6.45, 7) is 5.33. The first kappa shape index (κ1) is 12.4. The van der Waals surface area contributed by atoms with Crippen molar-refractivity contribution < 1.29 is 4.74 Å². The summed E-state index contributed by atoms with van der Waals surface area (Å²) in [5.41, 5.74) is 4.24. The molecule has 1 aromatic carbocycles. The predicted molar refractivity (Wildman–Crippen MR) is 72.6 cm³/mol. The van der Waals surface area contributed by atoms with Crippen molar-refractivity contribution in [3.63, 3.8) is 0 Å². The van der Waals surface area contributed by atoms with Crippen LogP contribution in [-0.2, 0) is 17.6 Å². The molecular weight excluding hydrogens is 210 g/mol. The molecule has 1 heterocycles. The number of methoxy groups -OCH3 is 1. The summed E-state index contributed by atoms with van der Waals surface area (Å²) in [6, 6.07) is 7.46. The standard InChI is InChI=1S/C15H23NO/c1-11(10-17-3)8-13-5-7-15-14(9-13)6-4-12(2)16-15/h5,7,9,11-12,16H,4,6,8,10H2,1-3H3. The highest BCUT2D eigenvalue weighted by atomic mass is 16.5. The zero-order chi connectivity index (χ0) is 12.3. The lowest BCUT2D eigenvalue weighted by molar-refractivity contribution is 0.159. The van der Waals surface area contributed by atoms with Gasteiger partial charge in [-0.15, -0.1) is 0 Å². The summed E-state index contributed by atoms with van der Waals surface area (Å²) in [5, 5.41) is 3.54. The maximum atomic E-state index is 5.19. The first-order valence-corrected chi connectivity index (χ1v) is 6.56. The molecule has 0 bridgehead atoms. The van der Waals surface area contributed by atoms with E-state index in [1.165, 1.54) is 29.7 Å². The molecule has 1 aromatic rings. The molecule has 0 aliphatic carbocycles. The highest BCUT2D eigenvalue weighted by Crippen LogP contribution is 2.26. The Morgan fingerprint density at radius 3 is 3.06 bits per heavy atom. The van der Waals surface area contributed by atoms with Crippen molar-refractivity contribution in [3.8, 4) is 0 Å². The summed E-state index contributed by atoms with van der Waals surface area (Å²) in [6.07, 6.45) is 3.55. The van der Waals surface area contributed by atoms with E-state index in [1.807, 2.05) is 0 Å². The van der Waals surface area contributed by atoms with Gasteiger partial charge in [-0.2, -0.15) is 0 Å². The van der Waals surface area contributed by atoms with Gasteiger partial charge in [0.15, 0.2) is 0 Å². The van der Waals surface area contributed by atoms with Crippen LogP contribution in [0, 0.1) is 5.92 Å². The Hall–Kier alpha value is -1.02. The molecule has 17 heavy (non-hydrogen) atoms.